The van der Waals surface area contributed by atoms with Crippen LogP contribution in [0.3, 0.4) is 0 Å². The van der Waals surface area contributed by atoms with Gasteiger partial charge in [-0.05, 0) is 40.5 Å². The molecule has 0 spiro atoms. The Kier molecular flexibility index (Phi) is 13.7. The summed E-state index contributed by atoms with van der Waals surface area (Å²) in [4.78, 5) is 22.8. The fourth-order valence-electron chi connectivity index (χ4n) is 1.80. The van der Waals surface area contributed by atoms with E-state index in [1.807, 2.05) is 13.8 Å². The Balaban J connectivity index is 0. The van der Waals surface area contributed by atoms with Gasteiger partial charge in [0, 0.05) is 24.7 Å². The first-order valence-corrected chi connectivity index (χ1v) is 14.2. The van der Waals surface area contributed by atoms with E-state index >= 15 is 0 Å². The minimum absolute atomic E-state index is 0.0658. The van der Waals surface area contributed by atoms with Crippen molar-refractivity contribution in [3.05, 3.63) is 0 Å². The lowest BCUT2D eigenvalue weighted by Crippen LogP contribution is -2.14. The summed E-state index contributed by atoms with van der Waals surface area (Å²) in [6.07, 6.45) is 1.57. The number of rotatable bonds is 8. The molecule has 0 aliphatic carbocycles. The predicted octanol–water partition coefficient (Wildman–Crippen LogP) is 4.46. The van der Waals surface area contributed by atoms with Gasteiger partial charge >= 0.3 is 0 Å². The second-order valence-corrected chi connectivity index (χ2v) is 14.4. The smallest absolute Gasteiger partial charge is 0.143 e. The third-order valence-corrected chi connectivity index (χ3v) is 5.49. The van der Waals surface area contributed by atoms with E-state index < -0.39 is 14.3 Å². The first kappa shape index (κ1) is 27.1. The van der Waals surface area contributed by atoms with Crippen LogP contribution in [0.4, 0.5) is 0 Å². The molecule has 0 rings (SSSR count). The molecule has 0 aromatic rings. The second kappa shape index (κ2) is 13.1. The molecule has 0 saturated carbocycles. The van der Waals surface area contributed by atoms with Gasteiger partial charge in [-0.15, -0.1) is 23.7 Å². The quantitative estimate of drug-likeness (QED) is 0.446. The lowest BCUT2D eigenvalue weighted by atomic mass is 10.0. The highest BCUT2D eigenvalue weighted by atomic mass is 31.2. The van der Waals surface area contributed by atoms with Gasteiger partial charge in [-0.25, -0.2) is 0 Å². The Bertz CT molecular complexity index is 614. The average Bonchev–Trinajstić information content (AvgIpc) is 2.47. The molecule has 0 aromatic carbocycles. The highest BCUT2D eigenvalue weighted by molar-refractivity contribution is 7.63. The molecule has 6 heteroatoms. The summed E-state index contributed by atoms with van der Waals surface area (Å²) in [7, 11) is -4.41. The Morgan fingerprint density at radius 1 is 0.731 bits per heavy atom. The summed E-state index contributed by atoms with van der Waals surface area (Å²) < 4.78 is 22.7. The molecule has 0 unspecified atom stereocenters. The molecular formula is C20H34O4P2. The summed E-state index contributed by atoms with van der Waals surface area (Å²) >= 11 is 0. The topological polar surface area (TPSA) is 68.3 Å². The zero-order valence-electron chi connectivity index (χ0n) is 17.5. The molecule has 0 amide bonds. The number of carbonyl (C=O) groups is 2. The van der Waals surface area contributed by atoms with Crippen LogP contribution in [0.15, 0.2) is 0 Å². The largest absolute Gasteiger partial charge is 0.324 e. The van der Waals surface area contributed by atoms with Crippen molar-refractivity contribution >= 4 is 25.9 Å². The maximum atomic E-state index is 11.4. The van der Waals surface area contributed by atoms with Gasteiger partial charge in [0.2, 0.25) is 0 Å². The SMILES string of the molecule is CC#CC[C@@H](C)C(=O)CP(C)(C)=O.CC#CC[C@H](C)C(=O)CP(C)(C)=O. The molecule has 0 N–H and O–H groups in total. The van der Waals surface area contributed by atoms with Crippen molar-refractivity contribution < 1.29 is 18.7 Å². The Morgan fingerprint density at radius 2 is 1.00 bits per heavy atom. The average molecular weight is 400 g/mol. The van der Waals surface area contributed by atoms with Gasteiger partial charge in [0.1, 0.15) is 11.6 Å². The Hall–Kier alpha value is -1.08. The minimum atomic E-state index is -2.21. The molecule has 0 aromatic heterocycles. The molecule has 0 fully saturated rings. The minimum Gasteiger partial charge on any atom is -0.324 e. The number of carbonyl (C=O) groups excluding carboxylic acids is 2. The molecule has 148 valence electrons. The first-order valence-electron chi connectivity index (χ1n) is 8.66. The summed E-state index contributed by atoms with van der Waals surface area (Å²) in [5.41, 5.74) is 0. The monoisotopic (exact) mass is 400 g/mol. The first-order chi connectivity index (χ1) is 11.7. The van der Waals surface area contributed by atoms with Crippen LogP contribution in [0.1, 0.15) is 40.5 Å². The van der Waals surface area contributed by atoms with E-state index in [0.717, 1.165) is 0 Å². The van der Waals surface area contributed by atoms with E-state index in [2.05, 4.69) is 23.7 Å². The van der Waals surface area contributed by atoms with Crippen molar-refractivity contribution in [2.75, 3.05) is 39.0 Å². The van der Waals surface area contributed by atoms with Crippen LogP contribution in [-0.2, 0) is 18.7 Å². The van der Waals surface area contributed by atoms with Crippen LogP contribution in [-0.4, -0.2) is 50.5 Å². The summed E-state index contributed by atoms with van der Waals surface area (Å²) in [5.74, 6) is 11.2. The third kappa shape index (κ3) is 17.7. The fraction of sp³-hybridized carbons (Fsp3) is 0.700. The standard InChI is InChI=1S/2C10H17O2P/c2*1-5-6-7-9(2)10(11)8-13(3,4)12/h2*9H,7-8H2,1-4H3/t2*9-/m10/s1. The Labute approximate surface area is 160 Å². The van der Waals surface area contributed by atoms with Crippen LogP contribution in [0.2, 0.25) is 0 Å². The van der Waals surface area contributed by atoms with Crippen LogP contribution in [0.5, 0.6) is 0 Å². The van der Waals surface area contributed by atoms with E-state index in [1.165, 1.54) is 0 Å². The van der Waals surface area contributed by atoms with Crippen LogP contribution in [0.25, 0.3) is 0 Å². The van der Waals surface area contributed by atoms with Gasteiger partial charge in [-0.3, -0.25) is 9.59 Å². The fourth-order valence-corrected chi connectivity index (χ4v) is 3.92. The van der Waals surface area contributed by atoms with Crippen LogP contribution in [0, 0.1) is 35.5 Å². The molecule has 4 nitrogen and oxygen atoms in total. The Morgan fingerprint density at radius 3 is 1.19 bits per heavy atom. The maximum absolute atomic E-state index is 11.4. The van der Waals surface area contributed by atoms with Crippen molar-refractivity contribution in [1.29, 1.82) is 0 Å². The van der Waals surface area contributed by atoms with Gasteiger partial charge in [0.25, 0.3) is 0 Å². The molecule has 0 radical (unpaired) electrons. The molecular weight excluding hydrogens is 366 g/mol. The summed E-state index contributed by atoms with van der Waals surface area (Å²) in [6, 6.07) is 0. The van der Waals surface area contributed by atoms with E-state index in [9.17, 15) is 18.7 Å². The van der Waals surface area contributed by atoms with E-state index in [4.69, 9.17) is 0 Å². The summed E-state index contributed by atoms with van der Waals surface area (Å²) in [6.45, 7) is 13.7. The molecule has 0 heterocycles. The molecule has 26 heavy (non-hydrogen) atoms. The molecule has 0 aliphatic rings. The van der Waals surface area contributed by atoms with Crippen molar-refractivity contribution in [3.8, 4) is 23.7 Å². The predicted molar refractivity (Wildman–Crippen MR) is 113 cm³/mol. The molecule has 2 atom stereocenters. The van der Waals surface area contributed by atoms with Gasteiger partial charge in [0.15, 0.2) is 0 Å². The second-order valence-electron chi connectivity index (χ2n) is 7.46. The zero-order chi connectivity index (χ0) is 21.0. The van der Waals surface area contributed by atoms with Crippen molar-refractivity contribution in [1.82, 2.24) is 0 Å². The number of ketones is 2. The highest BCUT2D eigenvalue weighted by Crippen LogP contribution is 2.37. The molecule has 0 saturated heterocycles. The molecule has 0 aliphatic heterocycles. The molecule has 0 bridgehead atoms. The van der Waals surface area contributed by atoms with Crippen molar-refractivity contribution in [2.24, 2.45) is 11.8 Å². The highest BCUT2D eigenvalue weighted by Gasteiger charge is 2.19. The number of hydrogen-bond acceptors (Lipinski definition) is 4. The van der Waals surface area contributed by atoms with Gasteiger partial charge < -0.3 is 9.13 Å². The van der Waals surface area contributed by atoms with Crippen LogP contribution >= 0.6 is 14.3 Å². The third-order valence-electron chi connectivity index (χ3n) is 3.34. The van der Waals surface area contributed by atoms with Crippen molar-refractivity contribution in [2.45, 2.75) is 40.5 Å². The zero-order valence-corrected chi connectivity index (χ0v) is 19.3. The summed E-state index contributed by atoms with van der Waals surface area (Å²) in [5, 5.41) is 0. The van der Waals surface area contributed by atoms with Gasteiger partial charge in [-0.2, -0.15) is 0 Å². The number of hydrogen-bond donors (Lipinski definition) is 0. The lowest BCUT2D eigenvalue weighted by molar-refractivity contribution is -0.120. The number of Topliss-reactive ketones (excluding diaryl/α,β-unsaturated/α-hetero) is 2. The van der Waals surface area contributed by atoms with E-state index in [-0.39, 0.29) is 35.7 Å². The van der Waals surface area contributed by atoms with Crippen LogP contribution < -0.4 is 0 Å². The maximum Gasteiger partial charge on any atom is 0.143 e. The van der Waals surface area contributed by atoms with E-state index in [0.29, 0.717) is 12.8 Å². The van der Waals surface area contributed by atoms with Crippen molar-refractivity contribution in [3.63, 3.8) is 0 Å². The lowest BCUT2D eigenvalue weighted by Gasteiger charge is -2.09. The van der Waals surface area contributed by atoms with Gasteiger partial charge in [-0.1, -0.05) is 13.8 Å². The van der Waals surface area contributed by atoms with E-state index in [1.54, 1.807) is 40.5 Å². The normalized spacial score (nSPS) is 12.9. The van der Waals surface area contributed by atoms with Gasteiger partial charge in [0.05, 0.1) is 26.6 Å².